The van der Waals surface area contributed by atoms with Crippen molar-refractivity contribution in [2.24, 2.45) is 0 Å². The highest BCUT2D eigenvalue weighted by molar-refractivity contribution is 5.76. The first-order valence-corrected chi connectivity index (χ1v) is 7.77. The van der Waals surface area contributed by atoms with E-state index < -0.39 is 0 Å². The number of carbonyl (C=O) groups is 1. The van der Waals surface area contributed by atoms with E-state index >= 15 is 0 Å². The maximum absolute atomic E-state index is 12.1. The normalized spacial score (nSPS) is 10.1. The molecule has 0 heterocycles. The lowest BCUT2D eigenvalue weighted by Gasteiger charge is -2.13. The molecule has 0 aliphatic rings. The fourth-order valence-electron chi connectivity index (χ4n) is 2.43. The summed E-state index contributed by atoms with van der Waals surface area (Å²) in [5.41, 5.74) is 1.99. The molecule has 0 unspecified atom stereocenters. The van der Waals surface area contributed by atoms with Crippen molar-refractivity contribution in [2.45, 2.75) is 19.4 Å². The lowest BCUT2D eigenvalue weighted by Crippen LogP contribution is -2.23. The molecule has 1 N–H and O–H groups in total. The van der Waals surface area contributed by atoms with Crippen molar-refractivity contribution in [3.05, 3.63) is 53.6 Å². The molecule has 0 aliphatic heterocycles. The molecule has 0 spiro atoms. The number of methoxy groups -OCH3 is 3. The Morgan fingerprint density at radius 3 is 2.33 bits per heavy atom. The standard InChI is InChI=1S/C19H23NO4/c1-22-16-10-7-14(8-11-16)9-12-18(21)20-13-15-5-4-6-17(23-2)19(15)24-3/h4-8,10-11H,9,12-13H2,1-3H3,(H,20,21). The van der Waals surface area contributed by atoms with Gasteiger partial charge in [-0.3, -0.25) is 4.79 Å². The molecule has 5 nitrogen and oxygen atoms in total. The van der Waals surface area contributed by atoms with Gasteiger partial charge in [0.15, 0.2) is 11.5 Å². The van der Waals surface area contributed by atoms with Crippen LogP contribution in [0.3, 0.4) is 0 Å². The van der Waals surface area contributed by atoms with Crippen molar-refractivity contribution in [3.8, 4) is 17.2 Å². The second kappa shape index (κ2) is 8.82. The highest BCUT2D eigenvalue weighted by atomic mass is 16.5. The zero-order valence-corrected chi connectivity index (χ0v) is 14.3. The van der Waals surface area contributed by atoms with Crippen molar-refractivity contribution in [1.82, 2.24) is 5.32 Å². The van der Waals surface area contributed by atoms with Crippen LogP contribution in [0, 0.1) is 0 Å². The number of hydrogen-bond donors (Lipinski definition) is 1. The second-order valence-electron chi connectivity index (χ2n) is 5.28. The van der Waals surface area contributed by atoms with Crippen molar-refractivity contribution in [1.29, 1.82) is 0 Å². The van der Waals surface area contributed by atoms with Gasteiger partial charge >= 0.3 is 0 Å². The largest absolute Gasteiger partial charge is 0.497 e. The van der Waals surface area contributed by atoms with Gasteiger partial charge in [-0.05, 0) is 30.2 Å². The summed E-state index contributed by atoms with van der Waals surface area (Å²) in [5, 5.41) is 2.92. The average molecular weight is 329 g/mol. The third-order valence-electron chi connectivity index (χ3n) is 3.76. The Hall–Kier alpha value is -2.69. The minimum absolute atomic E-state index is 0.00399. The molecule has 0 bridgehead atoms. The molecule has 1 amide bonds. The number of hydrogen-bond acceptors (Lipinski definition) is 4. The molecule has 2 aromatic carbocycles. The number of nitrogens with one attached hydrogen (secondary N) is 1. The Morgan fingerprint density at radius 1 is 0.958 bits per heavy atom. The topological polar surface area (TPSA) is 56.8 Å². The second-order valence-corrected chi connectivity index (χ2v) is 5.28. The molecule has 0 aromatic heterocycles. The van der Waals surface area contributed by atoms with Gasteiger partial charge in [-0.15, -0.1) is 0 Å². The van der Waals surface area contributed by atoms with E-state index in [9.17, 15) is 4.79 Å². The Morgan fingerprint density at radius 2 is 1.71 bits per heavy atom. The molecule has 0 saturated carbocycles. The van der Waals surface area contributed by atoms with Crippen LogP contribution in [-0.2, 0) is 17.8 Å². The summed E-state index contributed by atoms with van der Waals surface area (Å²) < 4.78 is 15.7. The van der Waals surface area contributed by atoms with E-state index in [0.717, 1.165) is 16.9 Å². The van der Waals surface area contributed by atoms with Gasteiger partial charge in [0, 0.05) is 18.5 Å². The molecule has 128 valence electrons. The van der Waals surface area contributed by atoms with Crippen LogP contribution in [0.2, 0.25) is 0 Å². The summed E-state index contributed by atoms with van der Waals surface area (Å²) in [5.74, 6) is 2.11. The van der Waals surface area contributed by atoms with Crippen LogP contribution in [0.4, 0.5) is 0 Å². The predicted octanol–water partition coefficient (Wildman–Crippen LogP) is 2.96. The fraction of sp³-hybridized carbons (Fsp3) is 0.316. The number of benzene rings is 2. The van der Waals surface area contributed by atoms with Gasteiger partial charge in [0.05, 0.1) is 21.3 Å². The molecule has 2 aromatic rings. The molecule has 24 heavy (non-hydrogen) atoms. The molecule has 0 radical (unpaired) electrons. The molecular formula is C19H23NO4. The lowest BCUT2D eigenvalue weighted by atomic mass is 10.1. The van der Waals surface area contributed by atoms with Gasteiger partial charge in [-0.2, -0.15) is 0 Å². The summed E-state index contributed by atoms with van der Waals surface area (Å²) in [4.78, 5) is 12.1. The number of carbonyl (C=O) groups excluding carboxylic acids is 1. The zero-order chi connectivity index (χ0) is 17.4. The Balaban J connectivity index is 1.87. The fourth-order valence-corrected chi connectivity index (χ4v) is 2.43. The van der Waals surface area contributed by atoms with Crippen LogP contribution < -0.4 is 19.5 Å². The first-order valence-electron chi connectivity index (χ1n) is 7.77. The first kappa shape index (κ1) is 17.7. The Kier molecular flexibility index (Phi) is 6.49. The van der Waals surface area contributed by atoms with E-state index in [-0.39, 0.29) is 5.91 Å². The minimum atomic E-state index is -0.00399. The van der Waals surface area contributed by atoms with Crippen molar-refractivity contribution < 1.29 is 19.0 Å². The Bertz CT molecular complexity index is 668. The monoisotopic (exact) mass is 329 g/mol. The smallest absolute Gasteiger partial charge is 0.220 e. The highest BCUT2D eigenvalue weighted by Crippen LogP contribution is 2.30. The van der Waals surface area contributed by atoms with Gasteiger partial charge in [0.1, 0.15) is 5.75 Å². The van der Waals surface area contributed by atoms with Crippen molar-refractivity contribution in [3.63, 3.8) is 0 Å². The number of rotatable bonds is 8. The third kappa shape index (κ3) is 4.65. The third-order valence-corrected chi connectivity index (χ3v) is 3.76. The van der Waals surface area contributed by atoms with E-state index in [2.05, 4.69) is 5.32 Å². The number of amides is 1. The van der Waals surface area contributed by atoms with Gasteiger partial charge in [0.25, 0.3) is 0 Å². The average Bonchev–Trinajstić information content (AvgIpc) is 2.64. The van der Waals surface area contributed by atoms with Crippen LogP contribution in [-0.4, -0.2) is 27.2 Å². The SMILES string of the molecule is COc1ccc(CCC(=O)NCc2cccc(OC)c2OC)cc1. The Labute approximate surface area is 142 Å². The summed E-state index contributed by atoms with van der Waals surface area (Å²) in [6.07, 6.45) is 1.11. The van der Waals surface area contributed by atoms with Crippen molar-refractivity contribution >= 4 is 5.91 Å². The molecule has 0 saturated heterocycles. The van der Waals surface area contributed by atoms with Gasteiger partial charge < -0.3 is 19.5 Å². The molecular weight excluding hydrogens is 306 g/mol. The molecule has 0 aliphatic carbocycles. The zero-order valence-electron chi connectivity index (χ0n) is 14.3. The summed E-state index contributed by atoms with van der Waals surface area (Å²) >= 11 is 0. The van der Waals surface area contributed by atoms with E-state index in [1.165, 1.54) is 0 Å². The molecule has 5 heteroatoms. The maximum atomic E-state index is 12.1. The minimum Gasteiger partial charge on any atom is -0.497 e. The number of para-hydroxylation sites is 1. The maximum Gasteiger partial charge on any atom is 0.220 e. The number of aryl methyl sites for hydroxylation is 1. The van der Waals surface area contributed by atoms with Crippen LogP contribution in [0.1, 0.15) is 17.5 Å². The highest BCUT2D eigenvalue weighted by Gasteiger charge is 2.10. The molecule has 0 atom stereocenters. The summed E-state index contributed by atoms with van der Waals surface area (Å²) in [6.45, 7) is 0.405. The van der Waals surface area contributed by atoms with E-state index in [0.29, 0.717) is 30.9 Å². The first-order chi connectivity index (χ1) is 11.7. The van der Waals surface area contributed by atoms with Gasteiger partial charge in [-0.25, -0.2) is 0 Å². The van der Waals surface area contributed by atoms with E-state index in [1.807, 2.05) is 42.5 Å². The molecule has 0 fully saturated rings. The van der Waals surface area contributed by atoms with E-state index in [1.54, 1.807) is 21.3 Å². The van der Waals surface area contributed by atoms with Crippen molar-refractivity contribution in [2.75, 3.05) is 21.3 Å². The van der Waals surface area contributed by atoms with Crippen LogP contribution in [0.15, 0.2) is 42.5 Å². The summed E-state index contributed by atoms with van der Waals surface area (Å²) in [6, 6.07) is 13.3. The lowest BCUT2D eigenvalue weighted by molar-refractivity contribution is -0.121. The van der Waals surface area contributed by atoms with Crippen LogP contribution >= 0.6 is 0 Å². The predicted molar refractivity (Wildman–Crippen MR) is 92.7 cm³/mol. The van der Waals surface area contributed by atoms with Crippen LogP contribution in [0.5, 0.6) is 17.2 Å². The molecule has 2 rings (SSSR count). The van der Waals surface area contributed by atoms with Crippen LogP contribution in [0.25, 0.3) is 0 Å². The van der Waals surface area contributed by atoms with Gasteiger partial charge in [0.2, 0.25) is 5.91 Å². The van der Waals surface area contributed by atoms with Gasteiger partial charge in [-0.1, -0.05) is 24.3 Å². The number of ether oxygens (including phenoxy) is 3. The summed E-state index contributed by atoms with van der Waals surface area (Å²) in [7, 11) is 4.82. The quantitative estimate of drug-likeness (QED) is 0.809. The van der Waals surface area contributed by atoms with E-state index in [4.69, 9.17) is 14.2 Å².